The fraction of sp³-hybridized carbons (Fsp3) is 0.0588. The van der Waals surface area contributed by atoms with Gasteiger partial charge in [-0.3, -0.25) is 4.55 Å². The molecule has 0 bridgehead atoms. The molecule has 3 aromatic carbocycles. The van der Waals surface area contributed by atoms with Crippen LogP contribution in [0, 0.1) is 6.92 Å². The van der Waals surface area contributed by atoms with Crippen molar-refractivity contribution >= 4 is 20.9 Å². The van der Waals surface area contributed by atoms with Crippen LogP contribution in [-0.4, -0.2) is 13.0 Å². The van der Waals surface area contributed by atoms with E-state index in [0.29, 0.717) is 5.56 Å². The minimum absolute atomic E-state index is 0.0653. The van der Waals surface area contributed by atoms with Crippen LogP contribution in [-0.2, 0) is 10.1 Å². The summed E-state index contributed by atoms with van der Waals surface area (Å²) < 4.78 is 32.7. The zero-order chi connectivity index (χ0) is 15.0. The first kappa shape index (κ1) is 13.8. The summed E-state index contributed by atoms with van der Waals surface area (Å²) in [6, 6.07) is 18.4. The molecule has 0 aromatic heterocycles. The molecule has 0 aliphatic rings. The summed E-state index contributed by atoms with van der Waals surface area (Å²) in [5.74, 6) is 0. The summed E-state index contributed by atoms with van der Waals surface area (Å²) in [6.07, 6.45) is 0. The Morgan fingerprint density at radius 2 is 1.57 bits per heavy atom. The van der Waals surface area contributed by atoms with Crippen molar-refractivity contribution in [3.05, 3.63) is 66.2 Å². The summed E-state index contributed by atoms with van der Waals surface area (Å²) >= 11 is 0. The molecule has 3 nitrogen and oxygen atoms in total. The highest BCUT2D eigenvalue weighted by Gasteiger charge is 2.17. The van der Waals surface area contributed by atoms with Crippen molar-refractivity contribution in [2.24, 2.45) is 0 Å². The SMILES string of the molecule is Cc1ccc(S(=O)(=O)O)c(-c2cccc3ccccc23)c1. The van der Waals surface area contributed by atoms with E-state index in [1.807, 2.05) is 49.4 Å². The Morgan fingerprint density at radius 3 is 2.33 bits per heavy atom. The van der Waals surface area contributed by atoms with Crippen LogP contribution in [0.2, 0.25) is 0 Å². The first-order chi connectivity index (χ1) is 9.97. The van der Waals surface area contributed by atoms with Crippen LogP contribution in [0.1, 0.15) is 5.56 Å². The molecule has 21 heavy (non-hydrogen) atoms. The normalized spacial score (nSPS) is 11.7. The molecule has 0 spiro atoms. The molecule has 3 rings (SSSR count). The molecule has 1 N–H and O–H groups in total. The van der Waals surface area contributed by atoms with Crippen molar-refractivity contribution < 1.29 is 13.0 Å². The first-order valence-electron chi connectivity index (χ1n) is 6.53. The van der Waals surface area contributed by atoms with Gasteiger partial charge in [0, 0.05) is 5.56 Å². The van der Waals surface area contributed by atoms with Crippen LogP contribution >= 0.6 is 0 Å². The van der Waals surface area contributed by atoms with Gasteiger partial charge in [-0.25, -0.2) is 0 Å². The lowest BCUT2D eigenvalue weighted by atomic mass is 9.97. The van der Waals surface area contributed by atoms with Gasteiger partial charge >= 0.3 is 0 Å². The fourth-order valence-electron chi connectivity index (χ4n) is 2.54. The topological polar surface area (TPSA) is 54.4 Å². The highest BCUT2D eigenvalue weighted by atomic mass is 32.2. The summed E-state index contributed by atoms with van der Waals surface area (Å²) in [4.78, 5) is -0.0653. The Labute approximate surface area is 123 Å². The highest BCUT2D eigenvalue weighted by molar-refractivity contribution is 7.86. The van der Waals surface area contributed by atoms with Crippen molar-refractivity contribution in [3.63, 3.8) is 0 Å². The number of rotatable bonds is 2. The second-order valence-corrected chi connectivity index (χ2v) is 6.39. The molecular weight excluding hydrogens is 284 g/mol. The van der Waals surface area contributed by atoms with Crippen molar-refractivity contribution in [2.75, 3.05) is 0 Å². The molecule has 0 heterocycles. The van der Waals surface area contributed by atoms with E-state index in [0.717, 1.165) is 21.9 Å². The lowest BCUT2D eigenvalue weighted by molar-refractivity contribution is 0.483. The van der Waals surface area contributed by atoms with Crippen molar-refractivity contribution in [3.8, 4) is 11.1 Å². The lowest BCUT2D eigenvalue weighted by Crippen LogP contribution is -2.01. The van der Waals surface area contributed by atoms with Gasteiger partial charge in [0.05, 0.1) is 0 Å². The van der Waals surface area contributed by atoms with Gasteiger partial charge in [-0.15, -0.1) is 0 Å². The smallest absolute Gasteiger partial charge is 0.282 e. The molecule has 0 saturated carbocycles. The lowest BCUT2D eigenvalue weighted by Gasteiger charge is -2.11. The van der Waals surface area contributed by atoms with Gasteiger partial charge in [0.1, 0.15) is 4.90 Å². The molecule has 0 aliphatic heterocycles. The maximum Gasteiger partial charge on any atom is 0.295 e. The summed E-state index contributed by atoms with van der Waals surface area (Å²) in [5.41, 5.74) is 2.25. The van der Waals surface area contributed by atoms with E-state index >= 15 is 0 Å². The zero-order valence-corrected chi connectivity index (χ0v) is 12.3. The molecule has 4 heteroatoms. The highest BCUT2D eigenvalue weighted by Crippen LogP contribution is 2.33. The van der Waals surface area contributed by atoms with Gasteiger partial charge in [-0.05, 0) is 29.3 Å². The number of fused-ring (bicyclic) bond motifs is 1. The monoisotopic (exact) mass is 298 g/mol. The van der Waals surface area contributed by atoms with Gasteiger partial charge in [-0.1, -0.05) is 60.2 Å². The Morgan fingerprint density at radius 1 is 0.857 bits per heavy atom. The second kappa shape index (κ2) is 4.98. The third-order valence-corrected chi connectivity index (χ3v) is 4.40. The molecule has 0 saturated heterocycles. The van der Waals surface area contributed by atoms with Gasteiger partial charge in [-0.2, -0.15) is 8.42 Å². The van der Waals surface area contributed by atoms with E-state index < -0.39 is 10.1 Å². The Hall–Kier alpha value is -2.17. The third kappa shape index (κ3) is 2.55. The largest absolute Gasteiger partial charge is 0.295 e. The molecule has 0 aliphatic carbocycles. The second-order valence-electron chi connectivity index (χ2n) is 5.00. The maximum atomic E-state index is 11.6. The standard InChI is InChI=1S/C17H14O3S/c1-12-9-10-17(21(18,19)20)16(11-12)15-8-4-6-13-5-2-3-7-14(13)15/h2-11H,1H3,(H,18,19,20). The third-order valence-electron chi connectivity index (χ3n) is 3.49. The van der Waals surface area contributed by atoms with Crippen molar-refractivity contribution in [2.45, 2.75) is 11.8 Å². The van der Waals surface area contributed by atoms with Crippen LogP contribution in [0.15, 0.2) is 65.6 Å². The molecule has 3 aromatic rings. The van der Waals surface area contributed by atoms with E-state index in [-0.39, 0.29) is 4.90 Å². The van der Waals surface area contributed by atoms with E-state index in [9.17, 15) is 13.0 Å². The molecule has 0 amide bonds. The minimum atomic E-state index is -4.27. The van der Waals surface area contributed by atoms with Crippen LogP contribution in [0.25, 0.3) is 21.9 Å². The quantitative estimate of drug-likeness (QED) is 0.726. The van der Waals surface area contributed by atoms with E-state index in [1.54, 1.807) is 12.1 Å². The van der Waals surface area contributed by atoms with Crippen LogP contribution in [0.3, 0.4) is 0 Å². The minimum Gasteiger partial charge on any atom is -0.282 e. The molecule has 0 atom stereocenters. The van der Waals surface area contributed by atoms with Crippen LogP contribution in [0.4, 0.5) is 0 Å². The molecule has 0 fully saturated rings. The Bertz CT molecular complexity index is 922. The van der Waals surface area contributed by atoms with Crippen LogP contribution in [0.5, 0.6) is 0 Å². The molecule has 0 unspecified atom stereocenters. The predicted molar refractivity (Wildman–Crippen MR) is 83.9 cm³/mol. The molecule has 106 valence electrons. The van der Waals surface area contributed by atoms with Gasteiger partial charge in [0.25, 0.3) is 10.1 Å². The fourth-order valence-corrected chi connectivity index (χ4v) is 3.23. The van der Waals surface area contributed by atoms with Crippen molar-refractivity contribution in [1.29, 1.82) is 0 Å². The van der Waals surface area contributed by atoms with Gasteiger partial charge in [0.2, 0.25) is 0 Å². The number of hydrogen-bond acceptors (Lipinski definition) is 2. The number of hydrogen-bond donors (Lipinski definition) is 1. The molecular formula is C17H14O3S. The van der Waals surface area contributed by atoms with E-state index in [1.165, 1.54) is 6.07 Å². The maximum absolute atomic E-state index is 11.6. The number of aryl methyl sites for hydroxylation is 1. The molecule has 0 radical (unpaired) electrons. The van der Waals surface area contributed by atoms with Crippen molar-refractivity contribution in [1.82, 2.24) is 0 Å². The summed E-state index contributed by atoms with van der Waals surface area (Å²) in [7, 11) is -4.27. The van der Waals surface area contributed by atoms with Crippen LogP contribution < -0.4 is 0 Å². The van der Waals surface area contributed by atoms with E-state index in [2.05, 4.69) is 0 Å². The number of benzene rings is 3. The van der Waals surface area contributed by atoms with E-state index in [4.69, 9.17) is 0 Å². The van der Waals surface area contributed by atoms with Gasteiger partial charge < -0.3 is 0 Å². The zero-order valence-electron chi connectivity index (χ0n) is 11.4. The summed E-state index contributed by atoms with van der Waals surface area (Å²) in [5, 5.41) is 1.98. The average molecular weight is 298 g/mol. The van der Waals surface area contributed by atoms with Gasteiger partial charge in [0.15, 0.2) is 0 Å². The Kier molecular flexibility index (Phi) is 3.27. The summed E-state index contributed by atoms with van der Waals surface area (Å²) in [6.45, 7) is 1.89. The predicted octanol–water partition coefficient (Wildman–Crippen LogP) is 4.06. The first-order valence-corrected chi connectivity index (χ1v) is 7.97. The Balaban J connectivity index is 2.41. The average Bonchev–Trinajstić information content (AvgIpc) is 2.45.